The molecule has 1 atom stereocenters. The first-order chi connectivity index (χ1) is 12.0. The van der Waals surface area contributed by atoms with Gasteiger partial charge in [0.15, 0.2) is 0 Å². The van der Waals surface area contributed by atoms with Crippen LogP contribution in [0.15, 0.2) is 53.3 Å². The molecule has 0 aliphatic heterocycles. The minimum absolute atomic E-state index is 0.0563. The standard InChI is InChI=1S/C18H24N.2C2H6N.Zr/c1-13-11-16(12-15-9-7-6-8-10-15)14(2)17(13)19-18(3,4)5;2*1-3-2;/h6-11,19H,12H2,1-5H3;2*1-2H3;/q;2*-1;+2. The molecule has 2 rings (SSSR count). The first-order valence-corrected chi connectivity index (χ1v) is 12.9. The summed E-state index contributed by atoms with van der Waals surface area (Å²) in [6.07, 6.45) is 3.59. The number of nitrogens with zero attached hydrogens (tertiary/aromatic N) is 2. The molecule has 0 saturated heterocycles. The Morgan fingerprint density at radius 2 is 1.54 bits per heavy atom. The van der Waals surface area contributed by atoms with Gasteiger partial charge < -0.3 is 0 Å². The van der Waals surface area contributed by atoms with Crippen LogP contribution in [-0.2, 0) is 28.8 Å². The molecular weight excluding hydrogens is 397 g/mol. The van der Waals surface area contributed by atoms with E-state index in [1.807, 2.05) is 0 Å². The SMILES string of the molecule is CC1=C(NC(C)(C)C)[C](C)([Zr]([N](C)C)[N](C)C)C=C1Cc1ccccc1. The van der Waals surface area contributed by atoms with E-state index < -0.39 is 22.3 Å². The van der Waals surface area contributed by atoms with E-state index in [4.69, 9.17) is 0 Å². The third-order valence-electron chi connectivity index (χ3n) is 4.89. The molecule has 1 aromatic carbocycles. The van der Waals surface area contributed by atoms with Crippen molar-refractivity contribution in [3.63, 3.8) is 0 Å². The Morgan fingerprint density at radius 3 is 2.00 bits per heavy atom. The number of nitrogens with one attached hydrogen (secondary N) is 1. The molecule has 1 aliphatic rings. The zero-order chi connectivity index (χ0) is 19.7. The summed E-state index contributed by atoms with van der Waals surface area (Å²) >= 11 is -2.11. The maximum absolute atomic E-state index is 3.89. The molecule has 0 heterocycles. The van der Waals surface area contributed by atoms with Crippen LogP contribution in [0, 0.1) is 0 Å². The molecule has 1 aromatic rings. The van der Waals surface area contributed by atoms with Crippen molar-refractivity contribution in [3.05, 3.63) is 58.8 Å². The zero-order valence-electron chi connectivity index (χ0n) is 18.1. The Morgan fingerprint density at radius 1 is 1.00 bits per heavy atom. The van der Waals surface area contributed by atoms with Gasteiger partial charge in [-0.3, -0.25) is 0 Å². The Hall–Kier alpha value is -0.697. The third kappa shape index (κ3) is 4.77. The molecule has 1 aliphatic carbocycles. The van der Waals surface area contributed by atoms with Crippen molar-refractivity contribution in [1.29, 1.82) is 0 Å². The summed E-state index contributed by atoms with van der Waals surface area (Å²) < 4.78 is 5.14. The molecule has 3 nitrogen and oxygen atoms in total. The fraction of sp³-hybridized carbons (Fsp3) is 0.545. The van der Waals surface area contributed by atoms with Crippen LogP contribution in [0.2, 0.25) is 3.12 Å². The molecule has 26 heavy (non-hydrogen) atoms. The summed E-state index contributed by atoms with van der Waals surface area (Å²) in [6, 6.07) is 10.8. The van der Waals surface area contributed by atoms with E-state index in [2.05, 4.69) is 110 Å². The average molecular weight is 434 g/mol. The molecule has 143 valence electrons. The first kappa shape index (κ1) is 21.6. The molecule has 0 aromatic heterocycles. The van der Waals surface area contributed by atoms with Crippen LogP contribution in [0.5, 0.6) is 0 Å². The fourth-order valence-electron chi connectivity index (χ4n) is 4.18. The Bertz CT molecular complexity index is 675. The monoisotopic (exact) mass is 432 g/mol. The third-order valence-corrected chi connectivity index (χ3v) is 12.3. The van der Waals surface area contributed by atoms with Gasteiger partial charge >= 0.3 is 170 Å². The number of hydrogen-bond acceptors (Lipinski definition) is 3. The van der Waals surface area contributed by atoms with Crippen molar-refractivity contribution in [2.24, 2.45) is 0 Å². The van der Waals surface area contributed by atoms with E-state index in [0.29, 0.717) is 0 Å². The van der Waals surface area contributed by atoms with Gasteiger partial charge in [0.25, 0.3) is 0 Å². The van der Waals surface area contributed by atoms with Gasteiger partial charge in [0.05, 0.1) is 0 Å². The predicted molar refractivity (Wildman–Crippen MR) is 110 cm³/mol. The second-order valence-corrected chi connectivity index (χ2v) is 17.6. The number of rotatable bonds is 6. The predicted octanol–water partition coefficient (Wildman–Crippen LogP) is 4.58. The van der Waals surface area contributed by atoms with Crippen molar-refractivity contribution in [2.45, 2.75) is 49.7 Å². The van der Waals surface area contributed by atoms with E-state index in [-0.39, 0.29) is 8.66 Å². The van der Waals surface area contributed by atoms with Crippen LogP contribution in [0.1, 0.15) is 40.2 Å². The Labute approximate surface area is 169 Å². The number of benzene rings is 1. The molecule has 1 unspecified atom stereocenters. The Kier molecular flexibility index (Phi) is 6.75. The molecule has 1 N–H and O–H groups in total. The van der Waals surface area contributed by atoms with Gasteiger partial charge in [-0.15, -0.1) is 0 Å². The summed E-state index contributed by atoms with van der Waals surface area (Å²) in [7, 11) is 9.03. The second-order valence-electron chi connectivity index (χ2n) is 9.02. The first-order valence-electron chi connectivity index (χ1n) is 9.43. The maximum atomic E-state index is 3.89. The van der Waals surface area contributed by atoms with Crippen LogP contribution >= 0.6 is 0 Å². The zero-order valence-corrected chi connectivity index (χ0v) is 20.5. The van der Waals surface area contributed by atoms with Crippen LogP contribution in [0.4, 0.5) is 0 Å². The summed E-state index contributed by atoms with van der Waals surface area (Å²) in [6.45, 7) is 11.5. The summed E-state index contributed by atoms with van der Waals surface area (Å²) in [4.78, 5) is 0. The van der Waals surface area contributed by atoms with Crippen LogP contribution < -0.4 is 5.32 Å². The fourth-order valence-corrected chi connectivity index (χ4v) is 12.6. The normalized spacial score (nSPS) is 20.8. The van der Waals surface area contributed by atoms with Gasteiger partial charge in [0.2, 0.25) is 0 Å². The van der Waals surface area contributed by atoms with E-state index in [1.165, 1.54) is 22.4 Å². The summed E-state index contributed by atoms with van der Waals surface area (Å²) in [5, 5.41) is 3.89. The quantitative estimate of drug-likeness (QED) is 0.708. The van der Waals surface area contributed by atoms with Gasteiger partial charge in [0, 0.05) is 0 Å². The van der Waals surface area contributed by atoms with Crippen LogP contribution in [0.3, 0.4) is 0 Å². The van der Waals surface area contributed by atoms with Gasteiger partial charge in [0.1, 0.15) is 0 Å². The number of hydrogen-bond donors (Lipinski definition) is 1. The van der Waals surface area contributed by atoms with E-state index in [0.717, 1.165) is 6.42 Å². The molecular formula is C22H36N3Zr. The van der Waals surface area contributed by atoms with Gasteiger partial charge in [-0.05, 0) is 0 Å². The van der Waals surface area contributed by atoms with Crippen molar-refractivity contribution < 1.29 is 22.3 Å². The van der Waals surface area contributed by atoms with E-state index in [9.17, 15) is 0 Å². The van der Waals surface area contributed by atoms with Crippen LogP contribution in [0.25, 0.3) is 0 Å². The molecule has 0 fully saturated rings. The molecule has 0 bridgehead atoms. The van der Waals surface area contributed by atoms with Gasteiger partial charge in [-0.25, -0.2) is 0 Å². The molecule has 0 amide bonds. The van der Waals surface area contributed by atoms with Crippen molar-refractivity contribution in [1.82, 2.24) is 11.0 Å². The number of allylic oxidation sites excluding steroid dienone is 3. The molecule has 0 radical (unpaired) electrons. The molecule has 0 saturated carbocycles. The second kappa shape index (κ2) is 8.12. The average Bonchev–Trinajstić information content (AvgIpc) is 2.71. The van der Waals surface area contributed by atoms with Gasteiger partial charge in [-0.1, -0.05) is 0 Å². The summed E-state index contributed by atoms with van der Waals surface area (Å²) in [5.41, 5.74) is 5.80. The van der Waals surface area contributed by atoms with E-state index in [1.54, 1.807) is 0 Å². The topological polar surface area (TPSA) is 18.5 Å². The summed E-state index contributed by atoms with van der Waals surface area (Å²) in [5.74, 6) is 0. The Balaban J connectivity index is 2.52. The van der Waals surface area contributed by atoms with Crippen molar-refractivity contribution in [3.8, 4) is 0 Å². The molecule has 0 spiro atoms. The van der Waals surface area contributed by atoms with Crippen LogP contribution in [-0.4, -0.2) is 39.4 Å². The van der Waals surface area contributed by atoms with Crippen molar-refractivity contribution >= 4 is 0 Å². The van der Waals surface area contributed by atoms with E-state index >= 15 is 0 Å². The molecule has 4 heteroatoms. The van der Waals surface area contributed by atoms with Gasteiger partial charge in [-0.2, -0.15) is 0 Å². The van der Waals surface area contributed by atoms with Crippen molar-refractivity contribution in [2.75, 3.05) is 28.2 Å². The minimum atomic E-state index is -2.11.